The third-order valence-electron chi connectivity index (χ3n) is 6.98. The lowest BCUT2D eigenvalue weighted by molar-refractivity contribution is 0.496. The van der Waals surface area contributed by atoms with E-state index in [1.165, 1.54) is 37.2 Å². The fraction of sp³-hybridized carbons (Fsp3) is 0.135. The van der Waals surface area contributed by atoms with Gasteiger partial charge in [-0.1, -0.05) is 117 Å². The second-order valence-electron chi connectivity index (χ2n) is 9.23. The number of piperidine rings is 1. The first-order valence-corrected chi connectivity index (χ1v) is 15.7. The number of benzene rings is 3. The molecule has 6 rings (SSSR count). The smallest absolute Gasteiger partial charge is 0.0482 e. The molecule has 2 heteroatoms. The fourth-order valence-electron chi connectivity index (χ4n) is 4.87. The van der Waals surface area contributed by atoms with Crippen LogP contribution in [0.25, 0.3) is 0 Å². The first-order valence-electron chi connectivity index (χ1n) is 13.7. The predicted molar refractivity (Wildman–Crippen MR) is 171 cm³/mol. The van der Waals surface area contributed by atoms with Gasteiger partial charge in [0.25, 0.3) is 0 Å². The molecule has 198 valence electrons. The van der Waals surface area contributed by atoms with E-state index in [1.807, 2.05) is 13.8 Å². The Labute approximate surface area is 236 Å². The summed E-state index contributed by atoms with van der Waals surface area (Å²) in [5.74, 6) is 0. The number of nitrogens with zero attached hydrogens (tertiary/aromatic N) is 1. The summed E-state index contributed by atoms with van der Waals surface area (Å²) < 4.78 is 0. The Balaban J connectivity index is 0.000000172. The number of allylic oxidation sites excluding steroid dienone is 12. The number of hydrogen-bond acceptors (Lipinski definition) is 1. The van der Waals surface area contributed by atoms with Gasteiger partial charge >= 0.3 is 0 Å². The van der Waals surface area contributed by atoms with Crippen molar-refractivity contribution in [3.8, 4) is 0 Å². The Morgan fingerprint density at radius 1 is 0.538 bits per heavy atom. The zero-order chi connectivity index (χ0) is 27.5. The second kappa shape index (κ2) is 13.7. The fourth-order valence-corrected chi connectivity index (χ4v) is 7.79. The largest absolute Gasteiger partial charge is 0.347 e. The van der Waals surface area contributed by atoms with Crippen molar-refractivity contribution < 1.29 is 0 Å². The third kappa shape index (κ3) is 6.35. The van der Waals surface area contributed by atoms with Crippen LogP contribution in [0.5, 0.6) is 0 Å². The highest BCUT2D eigenvalue weighted by Crippen LogP contribution is 2.65. The van der Waals surface area contributed by atoms with Gasteiger partial charge in [-0.2, -0.15) is 10.0 Å². The lowest BCUT2D eigenvalue weighted by Crippen LogP contribution is -2.24. The molecule has 3 aliphatic rings. The van der Waals surface area contributed by atoms with Crippen molar-refractivity contribution >= 4 is 10.0 Å². The average molecular weight is 530 g/mol. The van der Waals surface area contributed by atoms with Gasteiger partial charge in [0.2, 0.25) is 0 Å². The van der Waals surface area contributed by atoms with Crippen molar-refractivity contribution in [1.82, 2.24) is 4.90 Å². The molecular formula is C37H39NS. The van der Waals surface area contributed by atoms with Gasteiger partial charge in [-0.05, 0) is 75.1 Å². The molecule has 0 radical (unpaired) electrons. The van der Waals surface area contributed by atoms with Gasteiger partial charge in [0.15, 0.2) is 0 Å². The van der Waals surface area contributed by atoms with Crippen LogP contribution >= 0.6 is 10.0 Å². The van der Waals surface area contributed by atoms with Crippen molar-refractivity contribution in [2.24, 2.45) is 0 Å². The first-order chi connectivity index (χ1) is 19.2. The standard InChI is InChI=1S/C19H18S.C16H15N.C2H6/c1-20(17-11-5-2-6-12-17,18-13-7-3-8-14-18)19-15-9-4-10-16-19;1-17-14-9-7-6-8-13(12-14)15-10-4-2-3-5-11-16(15)17;1-2/h2-16H,1H3;2-11H,12H2,1H3;1-2H3/b;3-2?,4-2-,5-3?,10-4?,11-5?,15-10-,16-11?;. The van der Waals surface area contributed by atoms with E-state index < -0.39 is 10.0 Å². The van der Waals surface area contributed by atoms with Gasteiger partial charge in [0.05, 0.1) is 0 Å². The number of likely N-dealkylation sites (N-methyl/N-ethyl adjacent to an activating group) is 1. The molecule has 2 aliphatic carbocycles. The molecule has 3 aromatic carbocycles. The molecule has 1 saturated heterocycles. The monoisotopic (exact) mass is 529 g/mol. The van der Waals surface area contributed by atoms with E-state index in [0.29, 0.717) is 0 Å². The Kier molecular flexibility index (Phi) is 9.83. The van der Waals surface area contributed by atoms with Crippen molar-refractivity contribution in [3.05, 3.63) is 174 Å². The van der Waals surface area contributed by atoms with Crippen LogP contribution in [0.1, 0.15) is 20.3 Å². The number of likely N-dealkylation sites (tertiary alicyclic amines) is 1. The molecule has 1 aliphatic heterocycles. The van der Waals surface area contributed by atoms with Crippen molar-refractivity contribution in [2.75, 3.05) is 13.3 Å². The molecule has 0 amide bonds. The molecule has 0 atom stereocenters. The first kappa shape index (κ1) is 28.0. The second-order valence-corrected chi connectivity index (χ2v) is 12.5. The van der Waals surface area contributed by atoms with Crippen LogP contribution in [0.3, 0.4) is 0 Å². The van der Waals surface area contributed by atoms with Crippen LogP contribution in [-0.2, 0) is 0 Å². The topological polar surface area (TPSA) is 3.24 Å². The number of rotatable bonds is 3. The molecule has 3 aromatic rings. The van der Waals surface area contributed by atoms with Gasteiger partial charge in [-0.25, -0.2) is 0 Å². The average Bonchev–Trinajstić information content (AvgIpc) is 3.23. The minimum Gasteiger partial charge on any atom is -0.347 e. The highest BCUT2D eigenvalue weighted by Gasteiger charge is 2.25. The van der Waals surface area contributed by atoms with Crippen LogP contribution in [0, 0.1) is 0 Å². The van der Waals surface area contributed by atoms with Crippen LogP contribution in [0.15, 0.2) is 189 Å². The summed E-state index contributed by atoms with van der Waals surface area (Å²) >= 11 is 0. The van der Waals surface area contributed by atoms with Crippen molar-refractivity contribution in [1.29, 1.82) is 0 Å². The Morgan fingerprint density at radius 2 is 0.974 bits per heavy atom. The van der Waals surface area contributed by atoms with Gasteiger partial charge in [-0.3, -0.25) is 0 Å². The SMILES string of the molecule is CC.CN1C2=CC=CC=C(C2)/C2=C/C=C\C=CC=C21.CS(c1ccccc1)(c1ccccc1)c1ccccc1. The number of fused-ring (bicyclic) bond motifs is 4. The maximum Gasteiger partial charge on any atom is 0.0482 e. The lowest BCUT2D eigenvalue weighted by Gasteiger charge is -2.37. The third-order valence-corrected chi connectivity index (χ3v) is 10.6. The minimum absolute atomic E-state index is 1.02. The summed E-state index contributed by atoms with van der Waals surface area (Å²) in [6.45, 7) is 4.00. The molecule has 0 unspecified atom stereocenters. The molecule has 2 bridgehead atoms. The molecule has 1 nitrogen and oxygen atoms in total. The number of hydrogen-bond donors (Lipinski definition) is 0. The quantitative estimate of drug-likeness (QED) is 0.326. The zero-order valence-electron chi connectivity index (χ0n) is 23.5. The van der Waals surface area contributed by atoms with Crippen LogP contribution in [0.4, 0.5) is 0 Å². The highest BCUT2D eigenvalue weighted by molar-refractivity contribution is 8.33. The van der Waals surface area contributed by atoms with Gasteiger partial charge < -0.3 is 4.90 Å². The summed E-state index contributed by atoms with van der Waals surface area (Å²) in [5.41, 5.74) is 5.36. The molecule has 0 N–H and O–H groups in total. The molecule has 0 aromatic heterocycles. The molecule has 1 fully saturated rings. The normalized spacial score (nSPS) is 17.9. The minimum atomic E-state index is -1.18. The Bertz CT molecular complexity index is 1340. The van der Waals surface area contributed by atoms with E-state index in [2.05, 4.69) is 170 Å². The highest BCUT2D eigenvalue weighted by atomic mass is 32.3. The molecule has 0 spiro atoms. The van der Waals surface area contributed by atoms with Gasteiger partial charge in [-0.15, -0.1) is 0 Å². The Hall–Kier alpha value is -4.01. The summed E-state index contributed by atoms with van der Waals surface area (Å²) in [4.78, 5) is 6.48. The van der Waals surface area contributed by atoms with E-state index >= 15 is 0 Å². The summed E-state index contributed by atoms with van der Waals surface area (Å²) in [6, 6.07) is 32.5. The van der Waals surface area contributed by atoms with Gasteiger partial charge in [0, 0.05) is 30.4 Å². The van der Waals surface area contributed by atoms with E-state index in [0.717, 1.165) is 6.42 Å². The molecule has 39 heavy (non-hydrogen) atoms. The Morgan fingerprint density at radius 3 is 1.49 bits per heavy atom. The van der Waals surface area contributed by atoms with Crippen LogP contribution in [0.2, 0.25) is 0 Å². The van der Waals surface area contributed by atoms with Crippen LogP contribution < -0.4 is 0 Å². The van der Waals surface area contributed by atoms with E-state index in [1.54, 1.807) is 0 Å². The van der Waals surface area contributed by atoms with Crippen LogP contribution in [-0.4, -0.2) is 18.2 Å². The molecule has 0 saturated carbocycles. The van der Waals surface area contributed by atoms with Crippen molar-refractivity contribution in [3.63, 3.8) is 0 Å². The van der Waals surface area contributed by atoms with E-state index in [4.69, 9.17) is 0 Å². The van der Waals surface area contributed by atoms with E-state index in [-0.39, 0.29) is 0 Å². The van der Waals surface area contributed by atoms with Gasteiger partial charge in [0.1, 0.15) is 0 Å². The summed E-state index contributed by atoms with van der Waals surface area (Å²) in [7, 11) is 0.964. The lowest BCUT2D eigenvalue weighted by atomic mass is 9.91. The maximum atomic E-state index is 2.38. The maximum absolute atomic E-state index is 2.38. The predicted octanol–water partition coefficient (Wildman–Crippen LogP) is 10.3. The van der Waals surface area contributed by atoms with Crippen molar-refractivity contribution in [2.45, 2.75) is 35.0 Å². The summed E-state index contributed by atoms with van der Waals surface area (Å²) in [6.07, 6.45) is 24.8. The summed E-state index contributed by atoms with van der Waals surface area (Å²) in [5, 5.41) is 0. The van der Waals surface area contributed by atoms with E-state index in [9.17, 15) is 0 Å². The molecular weight excluding hydrogens is 490 g/mol. The zero-order valence-corrected chi connectivity index (χ0v) is 24.3. The molecule has 1 heterocycles.